The number of nitrogens with one attached hydrogen (secondary N) is 1. The Morgan fingerprint density at radius 1 is 1.39 bits per heavy atom. The number of carboxylic acid groups (broad SMARTS) is 1. The van der Waals surface area contributed by atoms with Gasteiger partial charge in [0.25, 0.3) is 0 Å². The number of H-pyrrole nitrogens is 1. The van der Waals surface area contributed by atoms with Gasteiger partial charge in [0.2, 0.25) is 0 Å². The molecule has 2 unspecified atom stereocenters. The summed E-state index contributed by atoms with van der Waals surface area (Å²) in [7, 11) is 0. The fourth-order valence-electron chi connectivity index (χ4n) is 2.76. The topological polar surface area (TPSA) is 85.9 Å². The number of hydrogen-bond donors (Lipinski definition) is 2. The molecule has 0 bridgehead atoms. The van der Waals surface area contributed by atoms with Gasteiger partial charge >= 0.3 is 12.1 Å². The molecular formula is C16H25N3O4. The first-order valence-corrected chi connectivity index (χ1v) is 7.79. The van der Waals surface area contributed by atoms with Gasteiger partial charge in [-0.2, -0.15) is 0 Å². The van der Waals surface area contributed by atoms with Gasteiger partial charge in [0.05, 0.1) is 6.54 Å². The van der Waals surface area contributed by atoms with Gasteiger partial charge in [-0.25, -0.2) is 4.79 Å². The maximum atomic E-state index is 12.2. The number of ether oxygens (including phenoxy) is 1. The summed E-state index contributed by atoms with van der Waals surface area (Å²) in [5.74, 6) is -0.934. The van der Waals surface area contributed by atoms with Crippen LogP contribution >= 0.6 is 0 Å². The predicted octanol–water partition coefficient (Wildman–Crippen LogP) is 2.08. The van der Waals surface area contributed by atoms with Crippen molar-refractivity contribution < 1.29 is 19.4 Å². The van der Waals surface area contributed by atoms with Crippen molar-refractivity contribution in [3.8, 4) is 0 Å². The Labute approximate surface area is 136 Å². The maximum Gasteiger partial charge on any atom is 0.410 e. The largest absolute Gasteiger partial charge is 0.480 e. The molecule has 0 saturated carbocycles. The van der Waals surface area contributed by atoms with Crippen molar-refractivity contribution in [2.45, 2.75) is 45.4 Å². The van der Waals surface area contributed by atoms with E-state index in [2.05, 4.69) is 4.98 Å². The summed E-state index contributed by atoms with van der Waals surface area (Å²) < 4.78 is 5.34. The predicted molar refractivity (Wildman–Crippen MR) is 85.1 cm³/mol. The summed E-state index contributed by atoms with van der Waals surface area (Å²) in [4.78, 5) is 30.3. The van der Waals surface area contributed by atoms with Crippen LogP contribution in [0.1, 0.15) is 39.4 Å². The van der Waals surface area contributed by atoms with Crippen LogP contribution < -0.4 is 0 Å². The molecule has 1 saturated heterocycles. The first kappa shape index (κ1) is 17.3. The zero-order chi connectivity index (χ0) is 17.2. The van der Waals surface area contributed by atoms with E-state index in [0.29, 0.717) is 13.1 Å². The van der Waals surface area contributed by atoms with Crippen LogP contribution in [0.15, 0.2) is 18.3 Å². The van der Waals surface area contributed by atoms with Crippen molar-refractivity contribution >= 4 is 12.1 Å². The molecule has 1 amide bonds. The van der Waals surface area contributed by atoms with Gasteiger partial charge in [0.15, 0.2) is 0 Å². The molecular weight excluding hydrogens is 298 g/mol. The van der Waals surface area contributed by atoms with E-state index in [0.717, 1.165) is 5.69 Å². The molecule has 1 aromatic heterocycles. The number of aromatic nitrogens is 1. The quantitative estimate of drug-likeness (QED) is 0.889. The van der Waals surface area contributed by atoms with Gasteiger partial charge in [-0.3, -0.25) is 9.69 Å². The molecule has 0 radical (unpaired) electrons. The van der Waals surface area contributed by atoms with Gasteiger partial charge in [-0.1, -0.05) is 0 Å². The zero-order valence-electron chi connectivity index (χ0n) is 14.1. The summed E-state index contributed by atoms with van der Waals surface area (Å²) in [5, 5.41) is 9.56. The van der Waals surface area contributed by atoms with Gasteiger partial charge < -0.3 is 19.7 Å². The monoisotopic (exact) mass is 323 g/mol. The van der Waals surface area contributed by atoms with Gasteiger partial charge in [0, 0.05) is 31.0 Å². The number of nitrogens with zero attached hydrogens (tertiary/aromatic N) is 2. The van der Waals surface area contributed by atoms with Crippen LogP contribution in [0, 0.1) is 0 Å². The third kappa shape index (κ3) is 4.25. The van der Waals surface area contributed by atoms with E-state index in [1.165, 1.54) is 4.90 Å². The highest BCUT2D eigenvalue weighted by Gasteiger charge is 2.38. The number of amides is 1. The smallest absolute Gasteiger partial charge is 0.410 e. The van der Waals surface area contributed by atoms with Crippen LogP contribution in [-0.2, 0) is 9.53 Å². The van der Waals surface area contributed by atoms with E-state index < -0.39 is 23.7 Å². The Balaban J connectivity index is 2.09. The lowest BCUT2D eigenvalue weighted by Crippen LogP contribution is -2.58. The highest BCUT2D eigenvalue weighted by molar-refractivity contribution is 5.76. The van der Waals surface area contributed by atoms with Gasteiger partial charge in [0.1, 0.15) is 11.6 Å². The van der Waals surface area contributed by atoms with E-state index in [1.54, 1.807) is 20.8 Å². The highest BCUT2D eigenvalue weighted by Crippen LogP contribution is 2.25. The molecule has 1 aliphatic heterocycles. The average molecular weight is 323 g/mol. The van der Waals surface area contributed by atoms with Crippen LogP contribution in [-0.4, -0.2) is 63.2 Å². The molecule has 1 aliphatic rings. The fraction of sp³-hybridized carbons (Fsp3) is 0.625. The molecule has 23 heavy (non-hydrogen) atoms. The summed E-state index contributed by atoms with van der Waals surface area (Å²) in [6, 6.07) is 3.00. The third-order valence-electron chi connectivity index (χ3n) is 3.93. The average Bonchev–Trinajstić information content (AvgIpc) is 2.98. The third-order valence-corrected chi connectivity index (χ3v) is 3.93. The van der Waals surface area contributed by atoms with E-state index in [-0.39, 0.29) is 12.6 Å². The lowest BCUT2D eigenvalue weighted by Gasteiger charge is -2.42. The second-order valence-corrected chi connectivity index (χ2v) is 6.82. The maximum absolute atomic E-state index is 12.2. The second kappa shape index (κ2) is 6.62. The Hall–Kier alpha value is -2.02. The Bertz CT molecular complexity index is 550. The lowest BCUT2D eigenvalue weighted by molar-refractivity contribution is -0.147. The summed E-state index contributed by atoms with van der Waals surface area (Å²) >= 11 is 0. The van der Waals surface area contributed by atoms with Crippen molar-refractivity contribution in [1.82, 2.24) is 14.8 Å². The molecule has 2 N–H and O–H groups in total. The summed E-state index contributed by atoms with van der Waals surface area (Å²) in [6.45, 7) is 8.40. The van der Waals surface area contributed by atoms with E-state index in [4.69, 9.17) is 4.74 Å². The van der Waals surface area contributed by atoms with Crippen molar-refractivity contribution in [3.63, 3.8) is 0 Å². The molecule has 0 aromatic carbocycles. The normalized spacial score (nSPS) is 21.0. The minimum Gasteiger partial charge on any atom is -0.480 e. The van der Waals surface area contributed by atoms with Crippen LogP contribution in [0.2, 0.25) is 0 Å². The number of aliphatic carboxylic acids is 1. The van der Waals surface area contributed by atoms with Crippen molar-refractivity contribution in [2.75, 3.05) is 19.6 Å². The molecule has 7 nitrogen and oxygen atoms in total. The van der Waals surface area contributed by atoms with Crippen LogP contribution in [0.3, 0.4) is 0 Å². The van der Waals surface area contributed by atoms with E-state index >= 15 is 0 Å². The molecule has 128 valence electrons. The minimum atomic E-state index is -0.934. The summed E-state index contributed by atoms with van der Waals surface area (Å²) in [5.41, 5.74) is 0.367. The molecule has 0 spiro atoms. The van der Waals surface area contributed by atoms with Crippen LogP contribution in [0.5, 0.6) is 0 Å². The van der Waals surface area contributed by atoms with Crippen molar-refractivity contribution in [3.05, 3.63) is 24.0 Å². The Morgan fingerprint density at radius 2 is 2.09 bits per heavy atom. The van der Waals surface area contributed by atoms with Gasteiger partial charge in [-0.15, -0.1) is 0 Å². The first-order chi connectivity index (χ1) is 10.7. The Kier molecular flexibility index (Phi) is 4.99. The Morgan fingerprint density at radius 3 is 2.61 bits per heavy atom. The summed E-state index contributed by atoms with van der Waals surface area (Å²) in [6.07, 6.45) is 1.36. The number of carbonyl (C=O) groups is 2. The van der Waals surface area contributed by atoms with Crippen molar-refractivity contribution in [1.29, 1.82) is 0 Å². The zero-order valence-corrected chi connectivity index (χ0v) is 14.1. The van der Waals surface area contributed by atoms with E-state index in [9.17, 15) is 14.7 Å². The molecule has 2 rings (SSSR count). The van der Waals surface area contributed by atoms with Crippen molar-refractivity contribution in [2.24, 2.45) is 0 Å². The molecule has 2 heterocycles. The molecule has 0 aliphatic carbocycles. The van der Waals surface area contributed by atoms with Crippen LogP contribution in [0.25, 0.3) is 0 Å². The number of carbonyl (C=O) groups excluding carboxylic acids is 1. The molecule has 2 atom stereocenters. The van der Waals surface area contributed by atoms with E-state index in [1.807, 2.05) is 30.2 Å². The number of rotatable bonds is 3. The first-order valence-electron chi connectivity index (χ1n) is 7.79. The van der Waals surface area contributed by atoms with Crippen LogP contribution in [0.4, 0.5) is 4.79 Å². The molecule has 1 fully saturated rings. The second-order valence-electron chi connectivity index (χ2n) is 6.82. The molecule has 7 heteroatoms. The fourth-order valence-corrected chi connectivity index (χ4v) is 2.76. The number of aromatic amines is 1. The van der Waals surface area contributed by atoms with Gasteiger partial charge in [-0.05, 0) is 39.8 Å². The number of piperazine rings is 1. The highest BCUT2D eigenvalue weighted by atomic mass is 16.6. The molecule has 1 aromatic rings. The SMILES string of the molecule is CC(c1ccc[nH]1)N1CCN(C(=O)OC(C)(C)C)CC1C(=O)O. The minimum absolute atomic E-state index is 0.0631. The number of hydrogen-bond acceptors (Lipinski definition) is 4. The number of carboxylic acids is 1. The lowest BCUT2D eigenvalue weighted by atomic mass is 10.1. The standard InChI is InChI=1S/C16H25N3O4/c1-11(12-6-5-7-17-12)19-9-8-18(10-13(19)14(20)21)15(22)23-16(2,3)4/h5-7,11,13,17H,8-10H2,1-4H3,(H,20,21).